The van der Waals surface area contributed by atoms with Gasteiger partial charge in [-0.1, -0.05) is 13.8 Å². The smallest absolute Gasteiger partial charge is 0.323 e. The lowest BCUT2D eigenvalue weighted by Gasteiger charge is -2.16. The zero-order chi connectivity index (χ0) is 14.1. The van der Waals surface area contributed by atoms with Crippen molar-refractivity contribution < 1.29 is 4.74 Å². The highest BCUT2D eigenvalue weighted by Gasteiger charge is 2.11. The van der Waals surface area contributed by atoms with Crippen molar-refractivity contribution in [3.63, 3.8) is 0 Å². The van der Waals surface area contributed by atoms with Gasteiger partial charge in [0.1, 0.15) is 0 Å². The van der Waals surface area contributed by atoms with Gasteiger partial charge >= 0.3 is 6.01 Å². The summed E-state index contributed by atoms with van der Waals surface area (Å²) in [7, 11) is 0. The first-order chi connectivity index (χ1) is 9.23. The highest BCUT2D eigenvalue weighted by atomic mass is 32.2. The number of aromatic nitrogens is 3. The topological polar surface area (TPSA) is 98.0 Å². The third-order valence-corrected chi connectivity index (χ3v) is 3.11. The molecule has 0 fully saturated rings. The molecular weight excluding hydrogens is 264 g/mol. The van der Waals surface area contributed by atoms with Crippen molar-refractivity contribution in [2.24, 2.45) is 5.84 Å². The molecule has 108 valence electrons. The first-order valence-electron chi connectivity index (χ1n) is 6.34. The van der Waals surface area contributed by atoms with E-state index < -0.39 is 0 Å². The first-order valence-corrected chi connectivity index (χ1v) is 7.73. The molecule has 0 aliphatic heterocycles. The predicted octanol–water partition coefficient (Wildman–Crippen LogP) is 1.50. The van der Waals surface area contributed by atoms with Crippen molar-refractivity contribution in [1.82, 2.24) is 15.0 Å². The van der Waals surface area contributed by atoms with Gasteiger partial charge in [0.05, 0.1) is 6.61 Å². The van der Waals surface area contributed by atoms with E-state index in [-0.39, 0.29) is 6.01 Å². The van der Waals surface area contributed by atoms with Gasteiger partial charge in [-0.05, 0) is 19.1 Å². The lowest BCUT2D eigenvalue weighted by Crippen LogP contribution is -2.23. The van der Waals surface area contributed by atoms with E-state index in [0.29, 0.717) is 24.5 Å². The molecule has 1 atom stereocenters. The van der Waals surface area contributed by atoms with E-state index in [1.54, 1.807) is 11.8 Å². The summed E-state index contributed by atoms with van der Waals surface area (Å²) in [6.07, 6.45) is 3.95. The van der Waals surface area contributed by atoms with E-state index in [1.165, 1.54) is 0 Å². The fourth-order valence-corrected chi connectivity index (χ4v) is 2.11. The predicted molar refractivity (Wildman–Crippen MR) is 79.5 cm³/mol. The van der Waals surface area contributed by atoms with Crippen LogP contribution in [-0.2, 0) is 0 Å². The summed E-state index contributed by atoms with van der Waals surface area (Å²) in [5.41, 5.74) is 2.42. The zero-order valence-corrected chi connectivity index (χ0v) is 12.5. The number of nitrogens with two attached hydrogens (primary N) is 1. The number of hydrogen-bond acceptors (Lipinski definition) is 8. The Kier molecular flexibility index (Phi) is 7.27. The Bertz CT molecular complexity index is 378. The van der Waals surface area contributed by atoms with Crippen LogP contribution >= 0.6 is 11.8 Å². The lowest BCUT2D eigenvalue weighted by molar-refractivity contribution is 0.292. The van der Waals surface area contributed by atoms with Crippen LogP contribution in [0.3, 0.4) is 0 Å². The molecule has 0 radical (unpaired) electrons. The van der Waals surface area contributed by atoms with Crippen LogP contribution in [0.4, 0.5) is 11.9 Å². The number of rotatable bonds is 9. The fourth-order valence-electron chi connectivity index (χ4n) is 1.39. The van der Waals surface area contributed by atoms with Gasteiger partial charge in [0, 0.05) is 11.8 Å². The Labute approximate surface area is 118 Å². The molecule has 8 heteroatoms. The number of hydrogen-bond donors (Lipinski definition) is 3. The molecule has 4 N–H and O–H groups in total. The summed E-state index contributed by atoms with van der Waals surface area (Å²) in [4.78, 5) is 12.4. The van der Waals surface area contributed by atoms with Crippen LogP contribution in [0.5, 0.6) is 6.01 Å². The number of anilines is 2. The maximum atomic E-state index is 5.41. The molecule has 0 aromatic carbocycles. The molecule has 1 aromatic rings. The van der Waals surface area contributed by atoms with E-state index in [2.05, 4.69) is 38.9 Å². The van der Waals surface area contributed by atoms with Crippen LogP contribution in [0.2, 0.25) is 0 Å². The number of thioether (sulfide) groups is 1. The molecule has 0 amide bonds. The minimum atomic E-state index is 0.284. The van der Waals surface area contributed by atoms with Crippen LogP contribution in [0.25, 0.3) is 0 Å². The van der Waals surface area contributed by atoms with Crippen LogP contribution < -0.4 is 21.3 Å². The maximum absolute atomic E-state index is 5.41. The van der Waals surface area contributed by atoms with E-state index in [9.17, 15) is 0 Å². The third kappa shape index (κ3) is 5.48. The van der Waals surface area contributed by atoms with Crippen LogP contribution in [0.1, 0.15) is 26.7 Å². The molecule has 0 bridgehead atoms. The Morgan fingerprint density at radius 2 is 2.00 bits per heavy atom. The van der Waals surface area contributed by atoms with Crippen LogP contribution in [0.15, 0.2) is 0 Å². The summed E-state index contributed by atoms with van der Waals surface area (Å²) in [6, 6.07) is 0.591. The molecule has 1 unspecified atom stereocenters. The van der Waals surface area contributed by atoms with Crippen molar-refractivity contribution >= 4 is 23.7 Å². The number of ether oxygens (including phenoxy) is 1. The molecule has 0 aliphatic carbocycles. The highest BCUT2D eigenvalue weighted by molar-refractivity contribution is 7.98. The molecule has 7 nitrogen and oxygen atoms in total. The Morgan fingerprint density at radius 1 is 1.26 bits per heavy atom. The van der Waals surface area contributed by atoms with Gasteiger partial charge in [0.25, 0.3) is 0 Å². The standard InChI is InChI=1S/C11H22N6OS/c1-4-6-18-11-15-9(14-10(16-11)17-12)13-8(5-2)7-19-3/h8H,4-7,12H2,1-3H3,(H2,13,14,15,16,17). The lowest BCUT2D eigenvalue weighted by atomic mass is 10.3. The number of hydrazine groups is 1. The van der Waals surface area contributed by atoms with Crippen molar-refractivity contribution in [3.8, 4) is 6.01 Å². The van der Waals surface area contributed by atoms with Gasteiger partial charge in [-0.25, -0.2) is 5.84 Å². The summed E-state index contributed by atoms with van der Waals surface area (Å²) in [6.45, 7) is 4.70. The van der Waals surface area contributed by atoms with Crippen molar-refractivity contribution in [2.45, 2.75) is 32.7 Å². The summed E-state index contributed by atoms with van der Waals surface area (Å²) < 4.78 is 5.41. The average molecular weight is 286 g/mol. The van der Waals surface area contributed by atoms with E-state index in [4.69, 9.17) is 10.6 Å². The Hall–Kier alpha value is -1.28. The van der Waals surface area contributed by atoms with Crippen molar-refractivity contribution in [3.05, 3.63) is 0 Å². The summed E-state index contributed by atoms with van der Waals surface area (Å²) >= 11 is 1.78. The fraction of sp³-hybridized carbons (Fsp3) is 0.727. The molecule has 1 aromatic heterocycles. The quantitative estimate of drug-likeness (QED) is 0.464. The molecule has 0 saturated carbocycles. The zero-order valence-electron chi connectivity index (χ0n) is 11.6. The van der Waals surface area contributed by atoms with Crippen LogP contribution in [0, 0.1) is 0 Å². The van der Waals surface area contributed by atoms with Crippen molar-refractivity contribution in [2.75, 3.05) is 29.4 Å². The number of nitrogen functional groups attached to an aromatic ring is 1. The first kappa shape index (κ1) is 15.8. The van der Waals surface area contributed by atoms with Gasteiger partial charge in [0.2, 0.25) is 11.9 Å². The maximum Gasteiger partial charge on any atom is 0.323 e. The summed E-state index contributed by atoms with van der Waals surface area (Å²) in [5.74, 6) is 7.11. The van der Waals surface area contributed by atoms with E-state index in [0.717, 1.165) is 18.6 Å². The van der Waals surface area contributed by atoms with Gasteiger partial charge in [-0.2, -0.15) is 26.7 Å². The normalized spacial score (nSPS) is 12.0. The van der Waals surface area contributed by atoms with Gasteiger partial charge in [0.15, 0.2) is 0 Å². The minimum Gasteiger partial charge on any atom is -0.463 e. The molecule has 19 heavy (non-hydrogen) atoms. The average Bonchev–Trinajstić information content (AvgIpc) is 2.44. The molecule has 1 heterocycles. The molecule has 0 aliphatic rings. The second-order valence-corrected chi connectivity index (χ2v) is 4.87. The van der Waals surface area contributed by atoms with Gasteiger partial charge in [-0.15, -0.1) is 0 Å². The van der Waals surface area contributed by atoms with Gasteiger partial charge < -0.3 is 10.1 Å². The minimum absolute atomic E-state index is 0.284. The molecule has 0 spiro atoms. The Balaban J connectivity index is 2.80. The van der Waals surface area contributed by atoms with Crippen molar-refractivity contribution in [1.29, 1.82) is 0 Å². The summed E-state index contributed by atoms with van der Waals surface area (Å²) in [5, 5.41) is 3.26. The number of nitrogens with zero attached hydrogens (tertiary/aromatic N) is 3. The van der Waals surface area contributed by atoms with Crippen LogP contribution in [-0.4, -0.2) is 39.6 Å². The molecule has 1 rings (SSSR count). The molecular formula is C11H22N6OS. The number of nitrogens with one attached hydrogen (secondary N) is 2. The monoisotopic (exact) mass is 286 g/mol. The SMILES string of the molecule is CCCOc1nc(NN)nc(NC(CC)CSC)n1. The largest absolute Gasteiger partial charge is 0.463 e. The Morgan fingerprint density at radius 3 is 2.58 bits per heavy atom. The highest BCUT2D eigenvalue weighted by Crippen LogP contribution is 2.13. The van der Waals surface area contributed by atoms with E-state index >= 15 is 0 Å². The van der Waals surface area contributed by atoms with Gasteiger partial charge in [-0.3, -0.25) is 5.43 Å². The molecule has 0 saturated heterocycles. The second-order valence-electron chi connectivity index (χ2n) is 3.96. The van der Waals surface area contributed by atoms with E-state index in [1.807, 2.05) is 6.92 Å². The second kappa shape index (κ2) is 8.76. The third-order valence-electron chi connectivity index (χ3n) is 2.37.